The molecule has 0 bridgehead atoms. The van der Waals surface area contributed by atoms with E-state index >= 15 is 0 Å². The predicted molar refractivity (Wildman–Crippen MR) is 314 cm³/mol. The van der Waals surface area contributed by atoms with Crippen LogP contribution in [0.2, 0.25) is 0 Å². The lowest BCUT2D eigenvalue weighted by Gasteiger charge is -2.28. The Balaban J connectivity index is 4.38. The molecule has 9 nitrogen and oxygen atoms in total. The van der Waals surface area contributed by atoms with Crippen LogP contribution >= 0.6 is 7.82 Å². The van der Waals surface area contributed by atoms with Crippen LogP contribution in [0.1, 0.15) is 194 Å². The first-order valence-corrected chi connectivity index (χ1v) is 30.0. The highest BCUT2D eigenvalue weighted by Gasteiger charge is 2.21. The van der Waals surface area contributed by atoms with Gasteiger partial charge >= 0.3 is 11.9 Å². The van der Waals surface area contributed by atoms with Gasteiger partial charge in [-0.05, 0) is 116 Å². The number of likely N-dealkylation sites (N-methyl/N-ethyl adjacent to an activating group) is 1. The van der Waals surface area contributed by atoms with Crippen molar-refractivity contribution in [1.82, 2.24) is 0 Å². The van der Waals surface area contributed by atoms with E-state index in [-0.39, 0.29) is 26.1 Å². The minimum atomic E-state index is -4.67. The lowest BCUT2D eigenvalue weighted by molar-refractivity contribution is -0.870. The number of hydrogen-bond donors (Lipinski definition) is 0. The molecule has 0 heterocycles. The molecule has 0 aliphatic rings. The summed E-state index contributed by atoms with van der Waals surface area (Å²) in [5.41, 5.74) is 0. The molecule has 0 amide bonds. The van der Waals surface area contributed by atoms with Crippen LogP contribution in [-0.2, 0) is 32.7 Å². The Hall–Kier alpha value is -4.11. The number of ether oxygens (including phenoxy) is 2. The van der Waals surface area contributed by atoms with Crippen LogP contribution in [0.5, 0.6) is 0 Å². The average Bonchev–Trinajstić information content (AvgIpc) is 3.36. The van der Waals surface area contributed by atoms with Crippen molar-refractivity contribution in [3.63, 3.8) is 0 Å². The van der Waals surface area contributed by atoms with Gasteiger partial charge in [0.05, 0.1) is 27.7 Å². The van der Waals surface area contributed by atoms with Crippen molar-refractivity contribution >= 4 is 19.8 Å². The molecular weight excluding hydrogens is 942 g/mol. The topological polar surface area (TPSA) is 111 Å². The zero-order valence-corrected chi connectivity index (χ0v) is 48.1. The normalized spacial score (nSPS) is 14.4. The fraction of sp³-hybridized carbons (Fsp3) is 0.594. The molecule has 0 aliphatic carbocycles. The van der Waals surface area contributed by atoms with E-state index in [1.54, 1.807) is 0 Å². The van der Waals surface area contributed by atoms with Gasteiger partial charge < -0.3 is 27.9 Å². The summed E-state index contributed by atoms with van der Waals surface area (Å²) < 4.78 is 34.0. The largest absolute Gasteiger partial charge is 0.756 e. The molecule has 0 aromatic carbocycles. The van der Waals surface area contributed by atoms with Gasteiger partial charge in [-0.3, -0.25) is 14.2 Å². The highest BCUT2D eigenvalue weighted by atomic mass is 31.2. The maximum absolute atomic E-state index is 12.8. The SMILES string of the molecule is CC/C=C\C/C=C\C/C=C\C/C=C\C/C=C\C/C=C\C/C=C\C/C=C\C/C=C\CCCC(=O)OC(COC(=O)CCCCCCCC/C=C\C/C=C\C/C=C\CCCCCCC)COP(=O)([O-])OCC[N+](C)(C)C. The zero-order valence-electron chi connectivity index (χ0n) is 47.2. The number of phosphoric ester groups is 1. The van der Waals surface area contributed by atoms with Crippen LogP contribution in [0, 0.1) is 0 Å². The van der Waals surface area contributed by atoms with Gasteiger partial charge in [-0.25, -0.2) is 0 Å². The number of unbranched alkanes of at least 4 members (excludes halogenated alkanes) is 12. The number of carbonyl (C=O) groups is 2. The summed E-state index contributed by atoms with van der Waals surface area (Å²) in [5, 5.41) is 0. The molecule has 0 aromatic rings. The maximum Gasteiger partial charge on any atom is 0.306 e. The third-order valence-corrected chi connectivity index (χ3v) is 12.3. The van der Waals surface area contributed by atoms with Crippen LogP contribution in [-0.4, -0.2) is 70.0 Å². The molecule has 0 saturated carbocycles. The van der Waals surface area contributed by atoms with Crippen molar-refractivity contribution in [1.29, 1.82) is 0 Å². The Labute approximate surface area is 453 Å². The molecule has 0 N–H and O–H groups in total. The number of allylic oxidation sites excluding steroid dienone is 24. The number of nitrogens with zero attached hydrogens (tertiary/aromatic N) is 1. The number of esters is 2. The number of rotatable bonds is 50. The molecule has 2 atom stereocenters. The predicted octanol–water partition coefficient (Wildman–Crippen LogP) is 17.3. The minimum absolute atomic E-state index is 0.0531. The summed E-state index contributed by atoms with van der Waals surface area (Å²) >= 11 is 0. The lowest BCUT2D eigenvalue weighted by Crippen LogP contribution is -2.37. The van der Waals surface area contributed by atoms with Crippen LogP contribution in [0.4, 0.5) is 0 Å². The van der Waals surface area contributed by atoms with Crippen molar-refractivity contribution in [3.05, 3.63) is 146 Å². The molecule has 74 heavy (non-hydrogen) atoms. The van der Waals surface area contributed by atoms with Crippen molar-refractivity contribution in [2.24, 2.45) is 0 Å². The Morgan fingerprint density at radius 1 is 0.432 bits per heavy atom. The number of carbonyl (C=O) groups excluding carboxylic acids is 2. The van der Waals surface area contributed by atoms with E-state index in [2.05, 4.69) is 154 Å². The van der Waals surface area contributed by atoms with Gasteiger partial charge in [0.25, 0.3) is 7.82 Å². The van der Waals surface area contributed by atoms with Gasteiger partial charge in [0.1, 0.15) is 19.8 Å². The first-order valence-electron chi connectivity index (χ1n) is 28.5. The first-order chi connectivity index (χ1) is 36.0. The fourth-order valence-electron chi connectivity index (χ4n) is 6.96. The van der Waals surface area contributed by atoms with E-state index in [0.717, 1.165) is 109 Å². The van der Waals surface area contributed by atoms with E-state index in [1.165, 1.54) is 38.5 Å². The first kappa shape index (κ1) is 69.9. The van der Waals surface area contributed by atoms with Crippen molar-refractivity contribution < 1.29 is 42.1 Å². The summed E-state index contributed by atoms with van der Waals surface area (Å²) in [6, 6.07) is 0. The van der Waals surface area contributed by atoms with Crippen LogP contribution in [0.3, 0.4) is 0 Å². The molecule has 0 aliphatic heterocycles. The molecule has 0 rings (SSSR count). The van der Waals surface area contributed by atoms with Crippen molar-refractivity contribution in [3.8, 4) is 0 Å². The van der Waals surface area contributed by atoms with E-state index in [4.69, 9.17) is 18.5 Å². The van der Waals surface area contributed by atoms with Crippen molar-refractivity contribution in [2.45, 2.75) is 200 Å². The van der Waals surface area contributed by atoms with E-state index in [0.29, 0.717) is 30.3 Å². The average molecular weight is 1050 g/mol. The summed E-state index contributed by atoms with van der Waals surface area (Å²) in [6.07, 6.45) is 78.9. The van der Waals surface area contributed by atoms with Gasteiger partial charge in [-0.15, -0.1) is 0 Å². The number of phosphoric acid groups is 1. The third kappa shape index (κ3) is 57.2. The van der Waals surface area contributed by atoms with Gasteiger partial charge in [-0.2, -0.15) is 0 Å². The molecule has 418 valence electrons. The quantitative estimate of drug-likeness (QED) is 0.0195. The zero-order chi connectivity index (χ0) is 54.2. The highest BCUT2D eigenvalue weighted by molar-refractivity contribution is 7.45. The smallest absolute Gasteiger partial charge is 0.306 e. The molecule has 0 spiro atoms. The van der Waals surface area contributed by atoms with E-state index in [1.807, 2.05) is 27.2 Å². The molecule has 2 unspecified atom stereocenters. The second-order valence-electron chi connectivity index (χ2n) is 19.6. The molecule has 10 heteroatoms. The Morgan fingerprint density at radius 3 is 1.19 bits per heavy atom. The second kappa shape index (κ2) is 53.7. The van der Waals surface area contributed by atoms with Gasteiger partial charge in [0.15, 0.2) is 6.10 Å². The van der Waals surface area contributed by atoms with Gasteiger partial charge in [-0.1, -0.05) is 211 Å². The van der Waals surface area contributed by atoms with Gasteiger partial charge in [0, 0.05) is 12.8 Å². The maximum atomic E-state index is 12.8. The second-order valence-corrected chi connectivity index (χ2v) is 21.0. The Bertz CT molecular complexity index is 1760. The standard InChI is InChI=1S/C64H104NO8P/c1-6-8-10-12-14-16-18-20-22-24-26-28-29-30-31-32-33-34-35-37-39-41-43-45-47-49-51-53-55-57-64(67)73-62(61-72-74(68,69)71-59-58-65(3,4)5)60-70-63(66)56-54-52-50-48-46-44-42-40-38-36-27-25-23-21-19-17-15-13-11-9-7-2/h8,10,14,16,19-22,25-28,30-31,33-34,37-40,43,45,49,51,62H,6-7,9,11-13,15,17-18,23-24,29,32,35-36,41-42,44,46-48,50,52-61H2,1-5H3/b10-8-,16-14-,21-19-,22-20-,27-25-,28-26-,31-30-,34-33-,39-37-,40-38-,45-43-,51-49-. The van der Waals surface area contributed by atoms with E-state index < -0.39 is 32.5 Å². The molecule has 0 aromatic heterocycles. The third-order valence-electron chi connectivity index (χ3n) is 11.3. The van der Waals surface area contributed by atoms with Crippen LogP contribution in [0.25, 0.3) is 0 Å². The summed E-state index contributed by atoms with van der Waals surface area (Å²) in [5.74, 6) is -0.931. The van der Waals surface area contributed by atoms with Gasteiger partial charge in [0.2, 0.25) is 0 Å². The molecule has 0 fully saturated rings. The minimum Gasteiger partial charge on any atom is -0.756 e. The van der Waals surface area contributed by atoms with E-state index in [9.17, 15) is 19.0 Å². The molecule has 0 radical (unpaired) electrons. The summed E-state index contributed by atoms with van der Waals surface area (Å²) in [7, 11) is 1.10. The van der Waals surface area contributed by atoms with Crippen LogP contribution < -0.4 is 4.89 Å². The monoisotopic (exact) mass is 1050 g/mol. The summed E-state index contributed by atoms with van der Waals surface area (Å²) in [6.45, 7) is 4.00. The van der Waals surface area contributed by atoms with Crippen molar-refractivity contribution in [2.75, 3.05) is 47.5 Å². The number of hydrogen-bond acceptors (Lipinski definition) is 8. The fourth-order valence-corrected chi connectivity index (χ4v) is 7.68. The Kier molecular flexibility index (Phi) is 50.7. The summed E-state index contributed by atoms with van der Waals surface area (Å²) in [4.78, 5) is 37.8. The van der Waals surface area contributed by atoms with Crippen LogP contribution in [0.15, 0.2) is 146 Å². The highest BCUT2D eigenvalue weighted by Crippen LogP contribution is 2.38. The Morgan fingerprint density at radius 2 is 0.784 bits per heavy atom. The number of quaternary nitrogens is 1. The molecular formula is C64H104NO8P. The lowest BCUT2D eigenvalue weighted by atomic mass is 10.1. The molecule has 0 saturated heterocycles.